The molecule has 18 heavy (non-hydrogen) atoms. The second kappa shape index (κ2) is 7.09. The zero-order chi connectivity index (χ0) is 14.3. The Bertz CT molecular complexity index is 446. The number of nitrogens with two attached hydrogens (primary N) is 2. The molecule has 0 aromatic heterocycles. The summed E-state index contributed by atoms with van der Waals surface area (Å²) in [5.74, 6) is -2.76. The zero-order valence-corrected chi connectivity index (χ0v) is 10.0. The highest BCUT2D eigenvalue weighted by Gasteiger charge is 2.20. The van der Waals surface area contributed by atoms with Crippen molar-refractivity contribution < 1.29 is 19.8 Å². The topological polar surface area (TPSA) is 151 Å². The number of hydrogen-bond acceptors (Lipinski definition) is 6. The van der Waals surface area contributed by atoms with Crippen LogP contribution in [0.3, 0.4) is 0 Å². The first-order valence-corrected chi connectivity index (χ1v) is 4.84. The molecule has 0 aliphatic heterocycles. The third-order valence-electron chi connectivity index (χ3n) is 1.97. The Hall–Kier alpha value is -2.32. The lowest BCUT2D eigenvalue weighted by Crippen LogP contribution is -2.21. The summed E-state index contributed by atoms with van der Waals surface area (Å²) < 4.78 is 0. The minimum Gasteiger partial charge on any atom is -0.478 e. The van der Waals surface area contributed by atoms with E-state index < -0.39 is 17.5 Å². The van der Waals surface area contributed by atoms with Gasteiger partial charge in [-0.15, -0.1) is 0 Å². The molecule has 0 saturated heterocycles. The number of rotatable bonds is 3. The summed E-state index contributed by atoms with van der Waals surface area (Å²) in [6.07, 6.45) is 0. The molecule has 1 rings (SSSR count). The van der Waals surface area contributed by atoms with Crippen LogP contribution in [-0.2, 0) is 0 Å². The molecule has 1 aromatic carbocycles. The molecule has 0 aliphatic carbocycles. The van der Waals surface area contributed by atoms with Gasteiger partial charge in [0.05, 0.1) is 22.5 Å². The molecule has 0 bridgehead atoms. The fourth-order valence-corrected chi connectivity index (χ4v) is 1.04. The van der Waals surface area contributed by atoms with Crippen molar-refractivity contribution in [3.8, 4) is 0 Å². The molecule has 1 aromatic rings. The van der Waals surface area contributed by atoms with Gasteiger partial charge in [-0.25, -0.2) is 9.59 Å². The van der Waals surface area contributed by atoms with E-state index in [1.54, 1.807) is 0 Å². The second-order valence-corrected chi connectivity index (χ2v) is 3.10. The van der Waals surface area contributed by atoms with E-state index in [9.17, 15) is 9.59 Å². The molecule has 0 fully saturated rings. The predicted molar refractivity (Wildman–Crippen MR) is 67.3 cm³/mol. The number of hydrogen-bond donors (Lipinski definition) is 6. The highest BCUT2D eigenvalue weighted by molar-refractivity contribution is 6.07. The monoisotopic (exact) mass is 256 g/mol. The van der Waals surface area contributed by atoms with Gasteiger partial charge in [0.1, 0.15) is 0 Å². The van der Waals surface area contributed by atoms with Crippen LogP contribution in [0, 0.1) is 0 Å². The van der Waals surface area contributed by atoms with Gasteiger partial charge in [0.25, 0.3) is 0 Å². The van der Waals surface area contributed by atoms with Crippen molar-refractivity contribution in [3.05, 3.63) is 23.3 Å². The molecule has 0 saturated carbocycles. The van der Waals surface area contributed by atoms with Crippen molar-refractivity contribution in [2.24, 2.45) is 0 Å². The molecule has 0 unspecified atom stereocenters. The number of carboxylic acids is 2. The molecule has 0 aliphatic rings. The van der Waals surface area contributed by atoms with E-state index in [4.69, 9.17) is 21.7 Å². The van der Waals surface area contributed by atoms with Crippen molar-refractivity contribution in [1.29, 1.82) is 0 Å². The van der Waals surface area contributed by atoms with Crippen LogP contribution in [0.2, 0.25) is 0 Å². The van der Waals surface area contributed by atoms with Crippen LogP contribution in [0.4, 0.5) is 11.4 Å². The van der Waals surface area contributed by atoms with Crippen molar-refractivity contribution in [2.75, 3.05) is 25.6 Å². The first kappa shape index (κ1) is 15.7. The molecule has 0 amide bonds. The summed E-state index contributed by atoms with van der Waals surface area (Å²) in [5.41, 5.74) is 15.0. The molecule has 100 valence electrons. The van der Waals surface area contributed by atoms with Crippen LogP contribution >= 0.6 is 0 Å². The number of carbonyl (C=O) groups is 2. The summed E-state index contributed by atoms with van der Waals surface area (Å²) in [7, 11) is 3.64. The number of nitrogens with one attached hydrogen (secondary N) is 2. The van der Waals surface area contributed by atoms with E-state index in [2.05, 4.69) is 10.9 Å². The Kier molecular flexibility index (Phi) is 6.18. The maximum absolute atomic E-state index is 10.7. The Morgan fingerprint density at radius 3 is 1.89 bits per heavy atom. The van der Waals surface area contributed by atoms with Gasteiger partial charge in [0, 0.05) is 0 Å². The van der Waals surface area contributed by atoms with Gasteiger partial charge in [0.15, 0.2) is 0 Å². The van der Waals surface area contributed by atoms with Gasteiger partial charge >= 0.3 is 11.9 Å². The van der Waals surface area contributed by atoms with E-state index in [0.717, 1.165) is 6.07 Å². The van der Waals surface area contributed by atoms with Gasteiger partial charge in [0.2, 0.25) is 0 Å². The van der Waals surface area contributed by atoms with Crippen LogP contribution in [0.15, 0.2) is 12.1 Å². The number of anilines is 2. The molecule has 8 N–H and O–H groups in total. The molecule has 8 heteroatoms. The predicted octanol–water partition coefficient (Wildman–Crippen LogP) is -0.412. The number of nitrogen functional groups attached to an aromatic ring is 2. The SMILES string of the molecule is CNNC.Nc1ccc(C(=O)O)c(C(=O)O)c1N. The maximum atomic E-state index is 10.7. The van der Waals surface area contributed by atoms with Crippen molar-refractivity contribution >= 4 is 23.3 Å². The number of hydrazine groups is 1. The Balaban J connectivity index is 0.000000631. The van der Waals surface area contributed by atoms with Crippen LogP contribution in [0.25, 0.3) is 0 Å². The highest BCUT2D eigenvalue weighted by Crippen LogP contribution is 2.23. The van der Waals surface area contributed by atoms with Crippen LogP contribution in [0.5, 0.6) is 0 Å². The Morgan fingerprint density at radius 2 is 1.56 bits per heavy atom. The first-order valence-electron chi connectivity index (χ1n) is 4.84. The van der Waals surface area contributed by atoms with E-state index >= 15 is 0 Å². The number of aromatic carboxylic acids is 2. The standard InChI is InChI=1S/C8H8N2O4.C2H8N2/c9-4-2-1-3(7(11)12)5(6(4)10)8(13)14;1-3-4-2/h1-2H,9-10H2,(H,11,12)(H,13,14);3-4H,1-2H3. The molecule has 0 radical (unpaired) electrons. The lowest BCUT2D eigenvalue weighted by molar-refractivity contribution is 0.0652. The molecule has 0 heterocycles. The summed E-state index contributed by atoms with van der Waals surface area (Å²) in [4.78, 5) is 21.3. The molecule has 0 atom stereocenters. The largest absolute Gasteiger partial charge is 0.478 e. The van der Waals surface area contributed by atoms with Gasteiger partial charge < -0.3 is 21.7 Å². The van der Waals surface area contributed by atoms with E-state index in [1.807, 2.05) is 14.1 Å². The van der Waals surface area contributed by atoms with Crippen molar-refractivity contribution in [2.45, 2.75) is 0 Å². The lowest BCUT2D eigenvalue weighted by atomic mass is 10.0. The van der Waals surface area contributed by atoms with Gasteiger partial charge in [-0.1, -0.05) is 0 Å². The summed E-state index contributed by atoms with van der Waals surface area (Å²) >= 11 is 0. The number of carboxylic acid groups (broad SMARTS) is 2. The van der Waals surface area contributed by atoms with Crippen LogP contribution < -0.4 is 22.3 Å². The van der Waals surface area contributed by atoms with Gasteiger partial charge in [-0.3, -0.25) is 10.9 Å². The van der Waals surface area contributed by atoms with Gasteiger partial charge in [-0.05, 0) is 26.2 Å². The quantitative estimate of drug-likeness (QED) is 0.315. The molecular formula is C10H16N4O4. The van der Waals surface area contributed by atoms with Gasteiger partial charge in [-0.2, -0.15) is 0 Å². The third-order valence-corrected chi connectivity index (χ3v) is 1.97. The van der Waals surface area contributed by atoms with E-state index in [-0.39, 0.29) is 16.9 Å². The van der Waals surface area contributed by atoms with E-state index in [0.29, 0.717) is 0 Å². The minimum absolute atomic E-state index is 0.0485. The highest BCUT2D eigenvalue weighted by atomic mass is 16.4. The first-order chi connectivity index (χ1) is 8.36. The van der Waals surface area contributed by atoms with E-state index in [1.165, 1.54) is 6.07 Å². The van der Waals surface area contributed by atoms with Crippen LogP contribution in [-0.4, -0.2) is 36.2 Å². The lowest BCUT2D eigenvalue weighted by Gasteiger charge is -2.07. The molecule has 0 spiro atoms. The fourth-order valence-electron chi connectivity index (χ4n) is 1.04. The third kappa shape index (κ3) is 3.92. The smallest absolute Gasteiger partial charge is 0.338 e. The summed E-state index contributed by atoms with van der Waals surface area (Å²) in [5, 5.41) is 17.4. The molecule has 8 nitrogen and oxygen atoms in total. The maximum Gasteiger partial charge on any atom is 0.338 e. The number of benzene rings is 1. The summed E-state index contributed by atoms with van der Waals surface area (Å²) in [6.45, 7) is 0. The summed E-state index contributed by atoms with van der Waals surface area (Å²) in [6, 6.07) is 2.36. The zero-order valence-electron chi connectivity index (χ0n) is 10.0. The van der Waals surface area contributed by atoms with Crippen molar-refractivity contribution in [1.82, 2.24) is 10.9 Å². The van der Waals surface area contributed by atoms with Crippen LogP contribution in [0.1, 0.15) is 20.7 Å². The second-order valence-electron chi connectivity index (χ2n) is 3.10. The molecular weight excluding hydrogens is 240 g/mol. The average Bonchev–Trinajstić information content (AvgIpc) is 2.31. The average molecular weight is 256 g/mol. The minimum atomic E-state index is -1.41. The van der Waals surface area contributed by atoms with Crippen molar-refractivity contribution in [3.63, 3.8) is 0 Å². The fraction of sp³-hybridized carbons (Fsp3) is 0.200. The Morgan fingerprint density at radius 1 is 1.06 bits per heavy atom. The Labute approximate surface area is 104 Å². The normalized spacial score (nSPS) is 9.22.